The van der Waals surface area contributed by atoms with Gasteiger partial charge in [0, 0.05) is 25.2 Å². The normalized spacial score (nSPS) is 32.7. The molecule has 4 nitrogen and oxygen atoms in total. The van der Waals surface area contributed by atoms with Crippen LogP contribution in [0.15, 0.2) is 0 Å². The molecule has 4 heteroatoms. The van der Waals surface area contributed by atoms with Crippen molar-refractivity contribution in [2.45, 2.75) is 44.6 Å². The second-order valence-electron chi connectivity index (χ2n) is 7.42. The van der Waals surface area contributed by atoms with Gasteiger partial charge in [0.15, 0.2) is 0 Å². The predicted molar refractivity (Wildman–Crippen MR) is 90.6 cm³/mol. The maximum Gasteiger partial charge on any atom is 0.0341 e. The van der Waals surface area contributed by atoms with Crippen LogP contribution in [0.3, 0.4) is 0 Å². The van der Waals surface area contributed by atoms with E-state index in [0.29, 0.717) is 0 Å². The molecule has 0 aliphatic carbocycles. The maximum absolute atomic E-state index is 6.26. The largest absolute Gasteiger partial charge is 0.329 e. The molecule has 0 radical (unpaired) electrons. The first kappa shape index (κ1) is 17.2. The van der Waals surface area contributed by atoms with Gasteiger partial charge < -0.3 is 15.5 Å². The zero-order valence-electron chi connectivity index (χ0n) is 14.5. The Labute approximate surface area is 131 Å². The maximum atomic E-state index is 6.26. The first-order valence-electron chi connectivity index (χ1n) is 8.92. The second kappa shape index (κ2) is 7.91. The van der Waals surface area contributed by atoms with E-state index in [1.165, 1.54) is 71.4 Å². The molecule has 0 amide bonds. The summed E-state index contributed by atoms with van der Waals surface area (Å²) < 4.78 is 0. The summed E-state index contributed by atoms with van der Waals surface area (Å²) in [5.41, 5.74) is 6.50. The molecule has 2 saturated heterocycles. The van der Waals surface area contributed by atoms with Gasteiger partial charge in [-0.3, -0.25) is 4.90 Å². The minimum atomic E-state index is 0.240. The highest BCUT2D eigenvalue weighted by atomic mass is 15.2. The lowest BCUT2D eigenvalue weighted by atomic mass is 9.88. The third kappa shape index (κ3) is 4.41. The summed E-state index contributed by atoms with van der Waals surface area (Å²) in [6.45, 7) is 10.6. The summed E-state index contributed by atoms with van der Waals surface area (Å²) in [6, 6.07) is 0. The number of hydrogen-bond donors (Lipinski definition) is 1. The summed E-state index contributed by atoms with van der Waals surface area (Å²) in [7, 11) is 4.56. The molecule has 0 saturated carbocycles. The molecule has 124 valence electrons. The minimum absolute atomic E-state index is 0.240. The summed E-state index contributed by atoms with van der Waals surface area (Å²) >= 11 is 0. The van der Waals surface area contributed by atoms with Crippen LogP contribution in [0.4, 0.5) is 0 Å². The Morgan fingerprint density at radius 1 is 1.24 bits per heavy atom. The van der Waals surface area contributed by atoms with Crippen molar-refractivity contribution in [3.8, 4) is 0 Å². The number of likely N-dealkylation sites (tertiary alicyclic amines) is 2. The Balaban J connectivity index is 1.92. The molecule has 0 aromatic carbocycles. The number of nitrogens with two attached hydrogens (primary N) is 1. The quantitative estimate of drug-likeness (QED) is 0.805. The van der Waals surface area contributed by atoms with Crippen molar-refractivity contribution in [3.63, 3.8) is 0 Å². The fraction of sp³-hybridized carbons (Fsp3) is 1.00. The lowest BCUT2D eigenvalue weighted by Crippen LogP contribution is -2.54. The molecule has 2 aliphatic heterocycles. The molecule has 0 aromatic rings. The van der Waals surface area contributed by atoms with Crippen molar-refractivity contribution < 1.29 is 0 Å². The van der Waals surface area contributed by atoms with Gasteiger partial charge in [0.25, 0.3) is 0 Å². The number of rotatable bonds is 6. The number of nitrogens with zero attached hydrogens (tertiary/aromatic N) is 3. The number of hydrogen-bond acceptors (Lipinski definition) is 4. The average Bonchev–Trinajstić information content (AvgIpc) is 2.75. The van der Waals surface area contributed by atoms with E-state index in [2.05, 4.69) is 35.7 Å². The first-order valence-corrected chi connectivity index (χ1v) is 8.92. The molecule has 2 unspecified atom stereocenters. The molecule has 21 heavy (non-hydrogen) atoms. The lowest BCUT2D eigenvalue weighted by Gasteiger charge is -2.42. The van der Waals surface area contributed by atoms with Crippen LogP contribution in [0.1, 0.15) is 39.0 Å². The van der Waals surface area contributed by atoms with Crippen molar-refractivity contribution in [3.05, 3.63) is 0 Å². The molecule has 2 heterocycles. The van der Waals surface area contributed by atoms with E-state index in [1.807, 2.05) is 0 Å². The van der Waals surface area contributed by atoms with Crippen molar-refractivity contribution in [2.24, 2.45) is 11.7 Å². The first-order chi connectivity index (χ1) is 10.1. The van der Waals surface area contributed by atoms with Crippen LogP contribution >= 0.6 is 0 Å². The molecule has 0 spiro atoms. The van der Waals surface area contributed by atoms with Gasteiger partial charge in [0.2, 0.25) is 0 Å². The van der Waals surface area contributed by atoms with Gasteiger partial charge in [0.1, 0.15) is 0 Å². The summed E-state index contributed by atoms with van der Waals surface area (Å²) in [4.78, 5) is 7.71. The highest BCUT2D eigenvalue weighted by Gasteiger charge is 2.36. The van der Waals surface area contributed by atoms with Crippen LogP contribution < -0.4 is 5.73 Å². The highest BCUT2D eigenvalue weighted by molar-refractivity contribution is 4.94. The molecule has 0 bridgehead atoms. The van der Waals surface area contributed by atoms with Gasteiger partial charge in [-0.1, -0.05) is 6.92 Å². The van der Waals surface area contributed by atoms with E-state index in [-0.39, 0.29) is 5.54 Å². The van der Waals surface area contributed by atoms with E-state index in [9.17, 15) is 0 Å². The molecular weight excluding hydrogens is 260 g/mol. The second-order valence-corrected chi connectivity index (χ2v) is 7.42. The van der Waals surface area contributed by atoms with Crippen LogP contribution in [0.25, 0.3) is 0 Å². The van der Waals surface area contributed by atoms with E-state index in [4.69, 9.17) is 5.73 Å². The van der Waals surface area contributed by atoms with Crippen LogP contribution in [0, 0.1) is 5.92 Å². The smallest absolute Gasteiger partial charge is 0.0341 e. The third-order valence-corrected chi connectivity index (χ3v) is 5.76. The Kier molecular flexibility index (Phi) is 6.48. The molecule has 2 aliphatic rings. The molecule has 2 atom stereocenters. The van der Waals surface area contributed by atoms with E-state index in [0.717, 1.165) is 12.5 Å². The average molecular weight is 297 g/mol. The van der Waals surface area contributed by atoms with Crippen LogP contribution in [0.5, 0.6) is 0 Å². The Hall–Kier alpha value is -0.160. The number of likely N-dealkylation sites (N-methyl/N-ethyl adjacent to an activating group) is 1. The van der Waals surface area contributed by atoms with Gasteiger partial charge in [-0.2, -0.15) is 0 Å². The minimum Gasteiger partial charge on any atom is -0.329 e. The van der Waals surface area contributed by atoms with Gasteiger partial charge in [-0.05, 0) is 78.3 Å². The monoisotopic (exact) mass is 296 g/mol. The lowest BCUT2D eigenvalue weighted by molar-refractivity contribution is 0.0901. The zero-order chi connectivity index (χ0) is 15.3. The standard InChI is InChI=1S/C17H36N4/c1-4-9-21-10-5-7-17(15-18,8-12-21)20(3)14-16-6-11-19(2)13-16/h16H,4-15,18H2,1-3H3. The van der Waals surface area contributed by atoms with Crippen LogP contribution in [0.2, 0.25) is 0 Å². The summed E-state index contributed by atoms with van der Waals surface area (Å²) in [5.74, 6) is 0.832. The molecule has 2 rings (SSSR count). The van der Waals surface area contributed by atoms with Crippen LogP contribution in [-0.4, -0.2) is 80.1 Å². The van der Waals surface area contributed by atoms with Gasteiger partial charge >= 0.3 is 0 Å². The molecule has 2 N–H and O–H groups in total. The molecular formula is C17H36N4. The Bertz CT molecular complexity index is 309. The Morgan fingerprint density at radius 2 is 2.05 bits per heavy atom. The third-order valence-electron chi connectivity index (χ3n) is 5.76. The molecule has 2 fully saturated rings. The van der Waals surface area contributed by atoms with Gasteiger partial charge in [-0.15, -0.1) is 0 Å². The van der Waals surface area contributed by atoms with Crippen molar-refractivity contribution in [1.29, 1.82) is 0 Å². The summed E-state index contributed by atoms with van der Waals surface area (Å²) in [6.07, 6.45) is 6.42. The fourth-order valence-corrected chi connectivity index (χ4v) is 4.27. The van der Waals surface area contributed by atoms with E-state index >= 15 is 0 Å². The SMILES string of the molecule is CCCN1CCCC(CN)(N(C)CC2CCN(C)C2)CC1. The highest BCUT2D eigenvalue weighted by Crippen LogP contribution is 2.29. The molecule has 0 aromatic heterocycles. The zero-order valence-corrected chi connectivity index (χ0v) is 14.5. The topological polar surface area (TPSA) is 35.7 Å². The van der Waals surface area contributed by atoms with E-state index in [1.54, 1.807) is 0 Å². The van der Waals surface area contributed by atoms with Gasteiger partial charge in [0.05, 0.1) is 0 Å². The van der Waals surface area contributed by atoms with Crippen molar-refractivity contribution in [2.75, 3.05) is 59.9 Å². The fourth-order valence-electron chi connectivity index (χ4n) is 4.27. The van der Waals surface area contributed by atoms with E-state index < -0.39 is 0 Å². The van der Waals surface area contributed by atoms with Crippen molar-refractivity contribution in [1.82, 2.24) is 14.7 Å². The summed E-state index contributed by atoms with van der Waals surface area (Å²) in [5, 5.41) is 0. The Morgan fingerprint density at radius 3 is 2.67 bits per heavy atom. The van der Waals surface area contributed by atoms with Gasteiger partial charge in [-0.25, -0.2) is 0 Å². The predicted octanol–water partition coefficient (Wildman–Crippen LogP) is 1.46. The van der Waals surface area contributed by atoms with Crippen LogP contribution in [-0.2, 0) is 0 Å². The van der Waals surface area contributed by atoms with Crippen molar-refractivity contribution >= 4 is 0 Å².